The lowest BCUT2D eigenvalue weighted by molar-refractivity contribution is -0.166. The number of esters is 2. The van der Waals surface area contributed by atoms with E-state index in [0.717, 1.165) is 25.7 Å². The average Bonchev–Trinajstić information content (AvgIpc) is 3.49. The van der Waals surface area contributed by atoms with Crippen LogP contribution >= 0.6 is 0 Å². The third kappa shape index (κ3) is 4.56. The van der Waals surface area contributed by atoms with Crippen LogP contribution in [0.15, 0.2) is 11.6 Å². The number of carbonyl (C=O) groups excluding carboxylic acids is 2. The molecule has 0 aromatic rings. The van der Waals surface area contributed by atoms with Crippen molar-refractivity contribution in [1.29, 1.82) is 0 Å². The van der Waals surface area contributed by atoms with Crippen molar-refractivity contribution in [2.45, 2.75) is 104 Å². The fraction of sp³-hybridized carbons (Fsp3) is 0.840. The molecule has 9 atom stereocenters. The Morgan fingerprint density at radius 3 is 2.68 bits per heavy atom. The van der Waals surface area contributed by atoms with Gasteiger partial charge in [0.15, 0.2) is 0 Å². The molecule has 0 aromatic carbocycles. The lowest BCUT2D eigenvalue weighted by Crippen LogP contribution is -2.46. The van der Waals surface area contributed by atoms with Crippen molar-refractivity contribution < 1.29 is 28.9 Å². The van der Waals surface area contributed by atoms with E-state index in [-0.39, 0.29) is 48.7 Å². The normalized spacial score (nSPS) is 42.1. The quantitative estimate of drug-likeness (QED) is 0.389. The smallest absolute Gasteiger partial charge is 0.311 e. The number of ether oxygens (including phenoxy) is 3. The molecule has 3 fully saturated rings. The minimum absolute atomic E-state index is 0.0898. The molecule has 0 aromatic heterocycles. The highest BCUT2D eigenvalue weighted by Crippen LogP contribution is 2.55. The zero-order valence-electron chi connectivity index (χ0n) is 19.5. The van der Waals surface area contributed by atoms with E-state index in [2.05, 4.69) is 19.9 Å². The summed E-state index contributed by atoms with van der Waals surface area (Å²) in [5.74, 6) is 0.709. The van der Waals surface area contributed by atoms with Crippen LogP contribution in [0.25, 0.3) is 0 Å². The van der Waals surface area contributed by atoms with Gasteiger partial charge in [-0.2, -0.15) is 0 Å². The Labute approximate surface area is 185 Å². The zero-order chi connectivity index (χ0) is 22.5. The minimum Gasteiger partial charge on any atom is -0.462 e. The lowest BCUT2D eigenvalue weighted by Gasteiger charge is -2.44. The van der Waals surface area contributed by atoms with E-state index >= 15 is 0 Å². The summed E-state index contributed by atoms with van der Waals surface area (Å²) in [5.41, 5.74) is 0.811. The Morgan fingerprint density at radius 1 is 1.26 bits per heavy atom. The maximum Gasteiger partial charge on any atom is 0.311 e. The van der Waals surface area contributed by atoms with Crippen molar-refractivity contribution in [2.75, 3.05) is 0 Å². The van der Waals surface area contributed by atoms with Gasteiger partial charge in [-0.05, 0) is 62.9 Å². The fourth-order valence-electron chi connectivity index (χ4n) is 5.83. The molecular weight excluding hydrogens is 396 g/mol. The number of aliphatic hydroxyl groups excluding tert-OH is 1. The highest BCUT2D eigenvalue weighted by molar-refractivity contribution is 5.76. The van der Waals surface area contributed by atoms with E-state index in [0.29, 0.717) is 24.2 Å². The molecule has 31 heavy (non-hydrogen) atoms. The van der Waals surface area contributed by atoms with Crippen molar-refractivity contribution in [3.05, 3.63) is 11.6 Å². The van der Waals surface area contributed by atoms with Crippen LogP contribution in [0.4, 0.5) is 0 Å². The number of carbonyl (C=O) groups is 2. The number of hydrogen-bond donors (Lipinski definition) is 1. The van der Waals surface area contributed by atoms with Crippen LogP contribution in [-0.4, -0.2) is 47.6 Å². The Kier molecular flexibility index (Phi) is 6.25. The van der Waals surface area contributed by atoms with Crippen LogP contribution in [-0.2, 0) is 23.8 Å². The monoisotopic (exact) mass is 434 g/mol. The van der Waals surface area contributed by atoms with Gasteiger partial charge in [-0.1, -0.05) is 26.8 Å². The summed E-state index contributed by atoms with van der Waals surface area (Å²) in [5, 5.41) is 9.96. The maximum absolute atomic E-state index is 12.9. The summed E-state index contributed by atoms with van der Waals surface area (Å²) in [6, 6.07) is 0. The van der Waals surface area contributed by atoms with Gasteiger partial charge in [0.25, 0.3) is 0 Å². The summed E-state index contributed by atoms with van der Waals surface area (Å²) in [6.45, 7) is 10.3. The number of epoxide rings is 1. The highest BCUT2D eigenvalue weighted by atomic mass is 16.6. The lowest BCUT2D eigenvalue weighted by atomic mass is 9.62. The van der Waals surface area contributed by atoms with Crippen LogP contribution in [0, 0.1) is 29.1 Å². The molecule has 4 aliphatic rings. The van der Waals surface area contributed by atoms with Crippen LogP contribution in [0.3, 0.4) is 0 Å². The average molecular weight is 435 g/mol. The van der Waals surface area contributed by atoms with Crippen molar-refractivity contribution in [3.8, 4) is 0 Å². The number of hydrogen-bond acceptors (Lipinski definition) is 6. The van der Waals surface area contributed by atoms with E-state index in [4.69, 9.17) is 14.2 Å². The number of rotatable bonds is 6. The molecule has 6 heteroatoms. The first kappa shape index (κ1) is 22.8. The molecule has 174 valence electrons. The Morgan fingerprint density at radius 2 is 2.00 bits per heavy atom. The van der Waals surface area contributed by atoms with E-state index < -0.39 is 11.5 Å². The van der Waals surface area contributed by atoms with Gasteiger partial charge in [0.1, 0.15) is 18.3 Å². The van der Waals surface area contributed by atoms with Crippen LogP contribution in [0.2, 0.25) is 0 Å². The van der Waals surface area contributed by atoms with E-state index in [9.17, 15) is 14.7 Å². The molecule has 0 bridgehead atoms. The van der Waals surface area contributed by atoms with Crippen molar-refractivity contribution in [1.82, 2.24) is 0 Å². The third-order valence-electron chi connectivity index (χ3n) is 8.13. The van der Waals surface area contributed by atoms with E-state index in [1.807, 2.05) is 20.8 Å². The summed E-state index contributed by atoms with van der Waals surface area (Å²) < 4.78 is 17.8. The van der Waals surface area contributed by atoms with E-state index in [1.165, 1.54) is 5.57 Å². The first-order chi connectivity index (χ1) is 14.6. The molecule has 1 N–H and O–H groups in total. The summed E-state index contributed by atoms with van der Waals surface area (Å²) >= 11 is 0. The van der Waals surface area contributed by atoms with Gasteiger partial charge in [-0.3, -0.25) is 9.59 Å². The Bertz CT molecular complexity index is 742. The molecule has 1 saturated carbocycles. The molecule has 6 nitrogen and oxygen atoms in total. The Hall–Kier alpha value is -1.40. The van der Waals surface area contributed by atoms with Crippen molar-refractivity contribution in [2.24, 2.45) is 29.1 Å². The van der Waals surface area contributed by atoms with Gasteiger partial charge in [0, 0.05) is 12.3 Å². The van der Waals surface area contributed by atoms with E-state index in [1.54, 1.807) is 0 Å². The van der Waals surface area contributed by atoms with Gasteiger partial charge < -0.3 is 19.3 Å². The maximum atomic E-state index is 12.9. The number of fused-ring (bicyclic) bond motifs is 3. The van der Waals surface area contributed by atoms with Gasteiger partial charge in [-0.25, -0.2) is 0 Å². The van der Waals surface area contributed by atoms with Crippen molar-refractivity contribution >= 4 is 11.9 Å². The molecule has 2 aliphatic heterocycles. The molecule has 2 unspecified atom stereocenters. The molecule has 0 spiro atoms. The van der Waals surface area contributed by atoms with Crippen LogP contribution < -0.4 is 0 Å². The second-order valence-electron chi connectivity index (χ2n) is 10.9. The molecule has 4 rings (SSSR count). The van der Waals surface area contributed by atoms with Crippen molar-refractivity contribution in [3.63, 3.8) is 0 Å². The summed E-state index contributed by atoms with van der Waals surface area (Å²) in [6.07, 6.45) is 5.49. The predicted octanol–water partition coefficient (Wildman–Crippen LogP) is 3.80. The van der Waals surface area contributed by atoms with Gasteiger partial charge >= 0.3 is 11.9 Å². The molecule has 2 saturated heterocycles. The second-order valence-corrected chi connectivity index (χ2v) is 10.9. The molecule has 2 aliphatic carbocycles. The predicted molar refractivity (Wildman–Crippen MR) is 115 cm³/mol. The first-order valence-electron chi connectivity index (χ1n) is 12.1. The third-order valence-corrected chi connectivity index (χ3v) is 8.13. The summed E-state index contributed by atoms with van der Waals surface area (Å²) in [7, 11) is 0. The minimum atomic E-state index is -0.609. The number of aliphatic hydroxyl groups is 1. The zero-order valence-corrected chi connectivity index (χ0v) is 19.5. The number of allylic oxidation sites excluding steroid dienone is 1. The summed E-state index contributed by atoms with van der Waals surface area (Å²) in [4.78, 5) is 24.7. The molecule has 0 amide bonds. The Balaban J connectivity index is 1.53. The molecule has 0 radical (unpaired) electrons. The fourth-order valence-corrected chi connectivity index (χ4v) is 5.83. The SMILES string of the molecule is CCC(C)(C)C(=O)O[C@H]1C[C@@H](C)C=C2C3OC3[C@H](C)[C@H](CC[C@@H]3C[C@@H](O)CC(=O)O3)[C@H]21. The molecule has 2 heterocycles. The standard InChI is InChI=1S/C25H38O6/c1-6-25(4,5)24(28)30-19-10-13(2)9-18-21(19)17(14(3)22-23(18)31-22)8-7-16-11-15(26)12-20(27)29-16/h9,13-17,19,21-23,26H,6-8,10-12H2,1-5H3/t13-,14+,15+,16+,17-,19-,21+,22?,23?/m0/s1. The molecular formula is C25H38O6. The largest absolute Gasteiger partial charge is 0.462 e. The van der Waals surface area contributed by atoms with Gasteiger partial charge in [-0.15, -0.1) is 0 Å². The topological polar surface area (TPSA) is 85.4 Å². The second kappa shape index (κ2) is 8.51. The van der Waals surface area contributed by atoms with Crippen LogP contribution in [0.5, 0.6) is 0 Å². The van der Waals surface area contributed by atoms with Gasteiger partial charge in [0.05, 0.1) is 24.0 Å². The highest BCUT2D eigenvalue weighted by Gasteiger charge is 2.59. The van der Waals surface area contributed by atoms with Crippen LogP contribution in [0.1, 0.15) is 73.1 Å². The number of cyclic esters (lactones) is 1. The first-order valence-corrected chi connectivity index (χ1v) is 12.1. The van der Waals surface area contributed by atoms with Gasteiger partial charge in [0.2, 0.25) is 0 Å².